The fourth-order valence-electron chi connectivity index (χ4n) is 1.90. The molecule has 0 saturated carbocycles. The van der Waals surface area contributed by atoms with Crippen LogP contribution in [0.1, 0.15) is 37.5 Å². The average Bonchev–Trinajstić information content (AvgIpc) is 2.35. The third-order valence-corrected chi connectivity index (χ3v) is 2.82. The summed E-state index contributed by atoms with van der Waals surface area (Å²) in [4.78, 5) is 10.5. The molecule has 0 spiro atoms. The smallest absolute Gasteiger partial charge is 0.328 e. The minimum Gasteiger partial charge on any atom is -0.872 e. The molecule has 2 N–H and O–H groups in total. The number of aliphatic hydroxyl groups is 1. The van der Waals surface area contributed by atoms with Gasteiger partial charge in [0.05, 0.1) is 13.2 Å². The molecule has 1 atom stereocenters. The van der Waals surface area contributed by atoms with E-state index >= 15 is 0 Å². The Bertz CT molecular complexity index is 505. The Balaban J connectivity index is 3.20. The number of carbonyl (C=O) groups is 1. The molecular weight excluding hydrogens is 260 g/mol. The zero-order valence-electron chi connectivity index (χ0n) is 11.8. The number of ether oxygens (including phenoxy) is 1. The lowest BCUT2D eigenvalue weighted by molar-refractivity contribution is -0.268. The van der Waals surface area contributed by atoms with Gasteiger partial charge in [0.15, 0.2) is 0 Å². The Labute approximate surface area is 118 Å². The van der Waals surface area contributed by atoms with Crippen molar-refractivity contribution in [2.24, 2.45) is 5.92 Å². The second-order valence-corrected chi connectivity index (χ2v) is 4.95. The van der Waals surface area contributed by atoms with Crippen molar-refractivity contribution in [2.45, 2.75) is 26.4 Å². The second-order valence-electron chi connectivity index (χ2n) is 4.95. The molecule has 5 heteroatoms. The van der Waals surface area contributed by atoms with E-state index in [0.29, 0.717) is 17.7 Å². The van der Waals surface area contributed by atoms with Crippen molar-refractivity contribution in [3.8, 4) is 11.5 Å². The predicted molar refractivity (Wildman–Crippen MR) is 73.5 cm³/mol. The van der Waals surface area contributed by atoms with Gasteiger partial charge in [-0.25, -0.2) is 4.79 Å². The molecule has 0 saturated heterocycles. The van der Waals surface area contributed by atoms with Crippen LogP contribution in [0.2, 0.25) is 0 Å². The Morgan fingerprint density at radius 1 is 1.45 bits per heavy atom. The number of carboxylic acids is 1. The molecule has 0 aliphatic carbocycles. The molecule has 0 amide bonds. The van der Waals surface area contributed by atoms with Crippen molar-refractivity contribution < 1.29 is 24.9 Å². The average molecular weight is 279 g/mol. The number of aliphatic carboxylic acids is 1. The summed E-state index contributed by atoms with van der Waals surface area (Å²) in [5.41, 5.74) is 0.705. The van der Waals surface area contributed by atoms with Gasteiger partial charge in [0.1, 0.15) is 5.75 Å². The highest BCUT2D eigenvalue weighted by Crippen LogP contribution is 2.34. The normalized spacial score (nSPS) is 12.8. The summed E-state index contributed by atoms with van der Waals surface area (Å²) in [6.45, 7) is 3.95. The van der Waals surface area contributed by atoms with E-state index in [2.05, 4.69) is 0 Å². The van der Waals surface area contributed by atoms with E-state index in [9.17, 15) is 15.0 Å². The van der Waals surface area contributed by atoms with Gasteiger partial charge in [-0.3, -0.25) is 0 Å². The number of rotatable bonds is 6. The van der Waals surface area contributed by atoms with Gasteiger partial charge in [-0.1, -0.05) is 19.6 Å². The fourth-order valence-corrected chi connectivity index (χ4v) is 1.90. The first kappa shape index (κ1) is 16.0. The van der Waals surface area contributed by atoms with E-state index in [1.54, 1.807) is 0 Å². The van der Waals surface area contributed by atoms with Crippen LogP contribution in [0.25, 0.3) is 6.08 Å². The minimum atomic E-state index is -1.13. The Hall–Kier alpha value is -2.01. The van der Waals surface area contributed by atoms with Gasteiger partial charge in [0.25, 0.3) is 0 Å². The molecule has 0 aromatic heterocycles. The first-order chi connectivity index (χ1) is 9.35. The maximum absolute atomic E-state index is 11.8. The van der Waals surface area contributed by atoms with Crippen LogP contribution >= 0.6 is 0 Å². The summed E-state index contributed by atoms with van der Waals surface area (Å²) in [6, 6.07) is 2.74. The minimum absolute atomic E-state index is 0.214. The molecule has 1 aromatic rings. The number of methoxy groups -OCH3 is 1. The molecule has 0 heterocycles. The molecular formula is C15H19O5-. The lowest BCUT2D eigenvalue weighted by Gasteiger charge is -2.21. The fraction of sp³-hybridized carbons (Fsp3) is 0.400. The van der Waals surface area contributed by atoms with Crippen LogP contribution in [0.15, 0.2) is 18.2 Å². The number of hydrogen-bond acceptors (Lipinski definition) is 4. The van der Waals surface area contributed by atoms with Crippen LogP contribution in [-0.4, -0.2) is 23.3 Å². The molecule has 0 bridgehead atoms. The molecule has 0 aliphatic rings. The van der Waals surface area contributed by atoms with Crippen molar-refractivity contribution >= 4 is 12.0 Å². The highest BCUT2D eigenvalue weighted by atomic mass is 16.5. The van der Waals surface area contributed by atoms with Gasteiger partial charge >= 0.3 is 5.97 Å². The van der Waals surface area contributed by atoms with E-state index in [1.165, 1.54) is 25.3 Å². The van der Waals surface area contributed by atoms with Crippen molar-refractivity contribution in [1.82, 2.24) is 0 Å². The SMILES string of the molecule is COc1cc([O-])c(/C=C\C(=O)O)cc1[C@@H](O)CC(C)C. The Morgan fingerprint density at radius 3 is 2.60 bits per heavy atom. The van der Waals surface area contributed by atoms with Crippen molar-refractivity contribution in [3.05, 3.63) is 29.3 Å². The van der Waals surface area contributed by atoms with E-state index in [1.807, 2.05) is 13.8 Å². The third kappa shape index (κ3) is 4.28. The number of hydrogen-bond donors (Lipinski definition) is 2. The summed E-state index contributed by atoms with van der Waals surface area (Å²) < 4.78 is 5.11. The highest BCUT2D eigenvalue weighted by Gasteiger charge is 2.15. The molecule has 20 heavy (non-hydrogen) atoms. The zero-order valence-corrected chi connectivity index (χ0v) is 11.8. The molecule has 0 radical (unpaired) electrons. The lowest BCUT2D eigenvalue weighted by Crippen LogP contribution is -2.06. The lowest BCUT2D eigenvalue weighted by atomic mass is 9.96. The molecule has 110 valence electrons. The van der Waals surface area contributed by atoms with Gasteiger partial charge in [-0.2, -0.15) is 0 Å². The summed E-state index contributed by atoms with van der Waals surface area (Å²) in [5, 5.41) is 30.6. The molecule has 0 unspecified atom stereocenters. The molecule has 1 rings (SSSR count). The summed E-state index contributed by atoms with van der Waals surface area (Å²) in [6.07, 6.45) is 1.87. The molecule has 0 aliphatic heterocycles. The molecule has 0 fully saturated rings. The monoisotopic (exact) mass is 279 g/mol. The summed E-state index contributed by atoms with van der Waals surface area (Å²) >= 11 is 0. The molecule has 1 aromatic carbocycles. The standard InChI is InChI=1S/C15H20O5/c1-9(2)6-13(17)11-7-10(4-5-15(18)19)12(16)8-14(11)20-3/h4-5,7-9,13,16-17H,6H2,1-3H3,(H,18,19)/p-1/b5-4-/t13-/m0/s1. The Morgan fingerprint density at radius 2 is 2.10 bits per heavy atom. The largest absolute Gasteiger partial charge is 0.872 e. The third-order valence-electron chi connectivity index (χ3n) is 2.82. The number of carboxylic acid groups (broad SMARTS) is 1. The van der Waals surface area contributed by atoms with Gasteiger partial charge < -0.3 is 20.1 Å². The summed E-state index contributed by atoms with van der Waals surface area (Å²) in [5.74, 6) is -0.889. The summed E-state index contributed by atoms with van der Waals surface area (Å²) in [7, 11) is 1.42. The number of aliphatic hydroxyl groups excluding tert-OH is 1. The van der Waals surface area contributed by atoms with Crippen molar-refractivity contribution in [3.63, 3.8) is 0 Å². The number of benzene rings is 1. The van der Waals surface area contributed by atoms with Crippen LogP contribution in [-0.2, 0) is 4.79 Å². The quantitative estimate of drug-likeness (QED) is 0.777. The van der Waals surface area contributed by atoms with E-state index in [4.69, 9.17) is 9.84 Å². The maximum Gasteiger partial charge on any atom is 0.328 e. The van der Waals surface area contributed by atoms with Crippen molar-refractivity contribution in [1.29, 1.82) is 0 Å². The predicted octanol–water partition coefficient (Wildman–Crippen LogP) is 1.95. The molecule has 5 nitrogen and oxygen atoms in total. The Kier molecular flexibility index (Phi) is 5.58. The van der Waals surface area contributed by atoms with Crippen LogP contribution in [0.5, 0.6) is 11.5 Å². The first-order valence-corrected chi connectivity index (χ1v) is 6.33. The first-order valence-electron chi connectivity index (χ1n) is 6.33. The zero-order chi connectivity index (χ0) is 15.3. The van der Waals surface area contributed by atoms with E-state index in [-0.39, 0.29) is 17.2 Å². The topological polar surface area (TPSA) is 89.8 Å². The van der Waals surface area contributed by atoms with Gasteiger partial charge in [-0.15, -0.1) is 0 Å². The second kappa shape index (κ2) is 6.96. The van der Waals surface area contributed by atoms with Crippen molar-refractivity contribution in [2.75, 3.05) is 7.11 Å². The van der Waals surface area contributed by atoms with E-state index < -0.39 is 12.1 Å². The van der Waals surface area contributed by atoms with Crippen LogP contribution in [0.3, 0.4) is 0 Å². The van der Waals surface area contributed by atoms with Crippen LogP contribution in [0, 0.1) is 5.92 Å². The highest BCUT2D eigenvalue weighted by molar-refractivity contribution is 5.86. The van der Waals surface area contributed by atoms with Gasteiger partial charge in [0.2, 0.25) is 0 Å². The maximum atomic E-state index is 11.8. The van der Waals surface area contributed by atoms with Crippen LogP contribution in [0.4, 0.5) is 0 Å². The van der Waals surface area contributed by atoms with Gasteiger partial charge in [0, 0.05) is 11.6 Å². The van der Waals surface area contributed by atoms with E-state index in [0.717, 1.165) is 6.08 Å². The van der Waals surface area contributed by atoms with Crippen LogP contribution < -0.4 is 9.84 Å². The van der Waals surface area contributed by atoms with Gasteiger partial charge in [-0.05, 0) is 36.1 Å².